The molecule has 100 valence electrons. The van der Waals surface area contributed by atoms with Crippen molar-refractivity contribution in [2.45, 2.75) is 4.90 Å². The average Bonchev–Trinajstić information content (AvgIpc) is 2.31. The molecule has 2 aromatic carbocycles. The SMILES string of the molecule is Nc1cccc(NS(=O)(=O)c2cc(Br)ccc2Br)c1. The summed E-state index contributed by atoms with van der Waals surface area (Å²) in [7, 11) is -3.67. The van der Waals surface area contributed by atoms with Crippen molar-refractivity contribution in [2.24, 2.45) is 0 Å². The predicted octanol–water partition coefficient (Wildman–Crippen LogP) is 3.59. The van der Waals surface area contributed by atoms with Gasteiger partial charge in [-0.2, -0.15) is 0 Å². The van der Waals surface area contributed by atoms with E-state index in [1.165, 1.54) is 6.07 Å². The Morgan fingerprint density at radius 1 is 1.05 bits per heavy atom. The van der Waals surface area contributed by atoms with Crippen molar-refractivity contribution >= 4 is 53.3 Å². The lowest BCUT2D eigenvalue weighted by molar-refractivity contribution is 0.600. The Morgan fingerprint density at radius 3 is 2.47 bits per heavy atom. The second-order valence-electron chi connectivity index (χ2n) is 3.81. The zero-order valence-electron chi connectivity index (χ0n) is 9.60. The van der Waals surface area contributed by atoms with Crippen LogP contribution in [0.15, 0.2) is 56.3 Å². The first-order valence-electron chi connectivity index (χ1n) is 5.22. The first-order valence-corrected chi connectivity index (χ1v) is 8.29. The molecule has 0 aliphatic carbocycles. The number of nitrogen functional groups attached to an aromatic ring is 1. The molecule has 0 saturated carbocycles. The van der Waals surface area contributed by atoms with Crippen molar-refractivity contribution in [3.05, 3.63) is 51.4 Å². The fourth-order valence-electron chi connectivity index (χ4n) is 1.50. The van der Waals surface area contributed by atoms with E-state index in [4.69, 9.17) is 5.73 Å². The fraction of sp³-hybridized carbons (Fsp3) is 0. The lowest BCUT2D eigenvalue weighted by atomic mass is 10.3. The van der Waals surface area contributed by atoms with E-state index < -0.39 is 10.0 Å². The fourth-order valence-corrected chi connectivity index (χ4v) is 4.05. The van der Waals surface area contributed by atoms with E-state index in [1.54, 1.807) is 36.4 Å². The van der Waals surface area contributed by atoms with Gasteiger partial charge in [-0.15, -0.1) is 0 Å². The molecule has 7 heteroatoms. The minimum absolute atomic E-state index is 0.157. The molecule has 0 aromatic heterocycles. The summed E-state index contributed by atoms with van der Waals surface area (Å²) in [5, 5.41) is 0. The zero-order valence-corrected chi connectivity index (χ0v) is 13.6. The van der Waals surface area contributed by atoms with Crippen molar-refractivity contribution in [2.75, 3.05) is 10.5 Å². The van der Waals surface area contributed by atoms with Crippen LogP contribution in [0.2, 0.25) is 0 Å². The van der Waals surface area contributed by atoms with Gasteiger partial charge in [-0.3, -0.25) is 4.72 Å². The lowest BCUT2D eigenvalue weighted by Gasteiger charge is -2.10. The maximum atomic E-state index is 12.3. The standard InChI is InChI=1S/C12H10Br2N2O2S/c13-8-4-5-11(14)12(6-8)19(17,18)16-10-3-1-2-9(15)7-10/h1-7,16H,15H2. The molecule has 0 unspecified atom stereocenters. The Hall–Kier alpha value is -1.05. The van der Waals surface area contributed by atoms with Gasteiger partial charge in [0.15, 0.2) is 0 Å². The van der Waals surface area contributed by atoms with E-state index in [0.29, 0.717) is 20.3 Å². The number of hydrogen-bond acceptors (Lipinski definition) is 3. The third kappa shape index (κ3) is 3.49. The molecule has 2 rings (SSSR count). The van der Waals surface area contributed by atoms with Crippen molar-refractivity contribution in [1.29, 1.82) is 0 Å². The molecule has 0 radical (unpaired) electrons. The first kappa shape index (κ1) is 14.4. The van der Waals surface area contributed by atoms with Crippen LogP contribution in [0.25, 0.3) is 0 Å². The molecular formula is C12H10Br2N2O2S. The topological polar surface area (TPSA) is 72.2 Å². The molecule has 3 N–H and O–H groups in total. The summed E-state index contributed by atoms with van der Waals surface area (Å²) in [5.41, 5.74) is 6.54. The maximum Gasteiger partial charge on any atom is 0.263 e. The minimum atomic E-state index is -3.67. The molecule has 19 heavy (non-hydrogen) atoms. The van der Waals surface area contributed by atoms with Crippen LogP contribution < -0.4 is 10.5 Å². The molecule has 0 heterocycles. The van der Waals surface area contributed by atoms with Gasteiger partial charge >= 0.3 is 0 Å². The molecule has 0 atom stereocenters. The summed E-state index contributed by atoms with van der Waals surface area (Å²) in [5.74, 6) is 0. The predicted molar refractivity (Wildman–Crippen MR) is 83.5 cm³/mol. The molecular weight excluding hydrogens is 396 g/mol. The van der Waals surface area contributed by atoms with Gasteiger partial charge in [-0.05, 0) is 52.3 Å². The molecule has 0 aliphatic rings. The summed E-state index contributed by atoms with van der Waals surface area (Å²) in [6.45, 7) is 0. The van der Waals surface area contributed by atoms with E-state index in [1.807, 2.05) is 0 Å². The third-order valence-electron chi connectivity index (χ3n) is 2.32. The number of benzene rings is 2. The summed E-state index contributed by atoms with van der Waals surface area (Å²) in [6, 6.07) is 11.5. The van der Waals surface area contributed by atoms with Gasteiger partial charge in [0.1, 0.15) is 4.90 Å². The summed E-state index contributed by atoms with van der Waals surface area (Å²) in [6.07, 6.45) is 0. The number of sulfonamides is 1. The van der Waals surface area contributed by atoms with E-state index in [9.17, 15) is 8.42 Å². The Bertz CT molecular complexity index is 717. The number of halogens is 2. The van der Waals surface area contributed by atoms with Crippen molar-refractivity contribution in [1.82, 2.24) is 0 Å². The maximum absolute atomic E-state index is 12.3. The van der Waals surface area contributed by atoms with Crippen LogP contribution in [0.5, 0.6) is 0 Å². The smallest absolute Gasteiger partial charge is 0.263 e. The molecule has 0 saturated heterocycles. The molecule has 0 amide bonds. The van der Waals surface area contributed by atoms with Crippen LogP contribution in [-0.4, -0.2) is 8.42 Å². The molecule has 0 bridgehead atoms. The van der Waals surface area contributed by atoms with Gasteiger partial charge in [0, 0.05) is 14.6 Å². The monoisotopic (exact) mass is 404 g/mol. The van der Waals surface area contributed by atoms with E-state index in [0.717, 1.165) is 0 Å². The number of nitrogens with one attached hydrogen (secondary N) is 1. The summed E-state index contributed by atoms with van der Waals surface area (Å²) in [4.78, 5) is 0.157. The highest BCUT2D eigenvalue weighted by Crippen LogP contribution is 2.27. The second-order valence-corrected chi connectivity index (χ2v) is 7.23. The van der Waals surface area contributed by atoms with Crippen molar-refractivity contribution in [3.8, 4) is 0 Å². The first-order chi connectivity index (χ1) is 8.88. The highest BCUT2D eigenvalue weighted by atomic mass is 79.9. The van der Waals surface area contributed by atoms with Gasteiger partial charge in [0.2, 0.25) is 0 Å². The molecule has 0 aliphatic heterocycles. The number of nitrogens with two attached hydrogens (primary N) is 1. The highest BCUT2D eigenvalue weighted by Gasteiger charge is 2.18. The van der Waals surface area contributed by atoms with Crippen LogP contribution in [0.1, 0.15) is 0 Å². The minimum Gasteiger partial charge on any atom is -0.399 e. The van der Waals surface area contributed by atoms with Crippen molar-refractivity contribution in [3.63, 3.8) is 0 Å². The van der Waals surface area contributed by atoms with Crippen LogP contribution in [-0.2, 0) is 10.0 Å². The van der Waals surface area contributed by atoms with E-state index in [-0.39, 0.29) is 4.90 Å². The second kappa shape index (κ2) is 5.52. The molecule has 0 fully saturated rings. The van der Waals surface area contributed by atoms with Crippen LogP contribution in [0, 0.1) is 0 Å². The zero-order chi connectivity index (χ0) is 14.0. The van der Waals surface area contributed by atoms with E-state index >= 15 is 0 Å². The van der Waals surface area contributed by atoms with Gasteiger partial charge in [-0.1, -0.05) is 22.0 Å². The average molecular weight is 406 g/mol. The Morgan fingerprint density at radius 2 is 1.79 bits per heavy atom. The van der Waals surface area contributed by atoms with Crippen molar-refractivity contribution < 1.29 is 8.42 Å². The molecule has 0 spiro atoms. The number of rotatable bonds is 3. The van der Waals surface area contributed by atoms with Crippen LogP contribution in [0.4, 0.5) is 11.4 Å². The Kier molecular flexibility index (Phi) is 4.17. The molecule has 2 aromatic rings. The molecule has 4 nitrogen and oxygen atoms in total. The summed E-state index contributed by atoms with van der Waals surface area (Å²) >= 11 is 6.48. The summed E-state index contributed by atoms with van der Waals surface area (Å²) < 4.78 is 28.2. The third-order valence-corrected chi connectivity index (χ3v) is 5.19. The van der Waals surface area contributed by atoms with Crippen LogP contribution >= 0.6 is 31.9 Å². The Labute approximate surface area is 128 Å². The quantitative estimate of drug-likeness (QED) is 0.766. The van der Waals surface area contributed by atoms with E-state index in [2.05, 4.69) is 36.6 Å². The highest BCUT2D eigenvalue weighted by molar-refractivity contribution is 9.11. The van der Waals surface area contributed by atoms with Gasteiger partial charge in [0.25, 0.3) is 10.0 Å². The number of hydrogen-bond donors (Lipinski definition) is 2. The van der Waals surface area contributed by atoms with Gasteiger partial charge in [0.05, 0.1) is 5.69 Å². The number of anilines is 2. The van der Waals surface area contributed by atoms with Gasteiger partial charge in [-0.25, -0.2) is 8.42 Å². The normalized spacial score (nSPS) is 11.3. The lowest BCUT2D eigenvalue weighted by Crippen LogP contribution is -2.13. The van der Waals surface area contributed by atoms with Gasteiger partial charge < -0.3 is 5.73 Å². The largest absolute Gasteiger partial charge is 0.399 e. The van der Waals surface area contributed by atoms with Crippen LogP contribution in [0.3, 0.4) is 0 Å². The Balaban J connectivity index is 2.40.